The van der Waals surface area contributed by atoms with E-state index in [1.54, 1.807) is 0 Å². The number of hydrazine groups is 1. The molecular formula is C12H20N2O2S. The van der Waals surface area contributed by atoms with Crippen LogP contribution < -0.4 is 11.3 Å². The predicted octanol–water partition coefficient (Wildman–Crippen LogP) is 1.16. The van der Waals surface area contributed by atoms with Gasteiger partial charge in [-0.1, -0.05) is 12.1 Å². The highest BCUT2D eigenvalue weighted by molar-refractivity contribution is 7.90. The van der Waals surface area contributed by atoms with Crippen LogP contribution in [0.25, 0.3) is 0 Å². The van der Waals surface area contributed by atoms with Gasteiger partial charge in [0.1, 0.15) is 9.84 Å². The van der Waals surface area contributed by atoms with E-state index in [0.29, 0.717) is 0 Å². The number of aryl methyl sites for hydroxylation is 3. The van der Waals surface area contributed by atoms with Crippen molar-refractivity contribution in [2.75, 3.05) is 12.0 Å². The third-order valence-corrected chi connectivity index (χ3v) is 3.87. The Morgan fingerprint density at radius 2 is 1.71 bits per heavy atom. The van der Waals surface area contributed by atoms with Gasteiger partial charge in [0.2, 0.25) is 0 Å². The summed E-state index contributed by atoms with van der Waals surface area (Å²) in [6.45, 7) is 6.01. The van der Waals surface area contributed by atoms with Crippen molar-refractivity contribution in [3.63, 3.8) is 0 Å². The summed E-state index contributed by atoms with van der Waals surface area (Å²) < 4.78 is 22.7. The predicted molar refractivity (Wildman–Crippen MR) is 70.4 cm³/mol. The van der Waals surface area contributed by atoms with Gasteiger partial charge >= 0.3 is 0 Å². The molecule has 0 bridgehead atoms. The van der Waals surface area contributed by atoms with Crippen LogP contribution in [0, 0.1) is 20.8 Å². The maximum Gasteiger partial charge on any atom is 0.149 e. The van der Waals surface area contributed by atoms with Gasteiger partial charge in [-0.05, 0) is 43.0 Å². The fraction of sp³-hybridized carbons (Fsp3) is 0.500. The molecule has 17 heavy (non-hydrogen) atoms. The third-order valence-electron chi connectivity index (χ3n) is 2.93. The highest BCUT2D eigenvalue weighted by Crippen LogP contribution is 2.22. The summed E-state index contributed by atoms with van der Waals surface area (Å²) in [5, 5.41) is 0. The minimum atomic E-state index is -3.07. The van der Waals surface area contributed by atoms with Crippen molar-refractivity contribution in [1.82, 2.24) is 5.43 Å². The van der Waals surface area contributed by atoms with Crippen molar-refractivity contribution in [2.45, 2.75) is 26.8 Å². The van der Waals surface area contributed by atoms with Gasteiger partial charge in [-0.3, -0.25) is 11.3 Å². The van der Waals surface area contributed by atoms with Gasteiger partial charge in [0, 0.05) is 6.26 Å². The summed E-state index contributed by atoms with van der Waals surface area (Å²) in [6, 6.07) is 3.70. The monoisotopic (exact) mass is 256 g/mol. The minimum absolute atomic E-state index is 0.00679. The van der Waals surface area contributed by atoms with E-state index in [1.165, 1.54) is 11.8 Å². The van der Waals surface area contributed by atoms with Crippen LogP contribution in [0.5, 0.6) is 0 Å². The lowest BCUT2D eigenvalue weighted by atomic mass is 9.97. The van der Waals surface area contributed by atoms with E-state index >= 15 is 0 Å². The summed E-state index contributed by atoms with van der Waals surface area (Å²) in [7, 11) is -3.07. The molecule has 0 aliphatic rings. The fourth-order valence-electron chi connectivity index (χ4n) is 1.89. The maximum absolute atomic E-state index is 11.3. The molecule has 0 aliphatic heterocycles. The number of benzene rings is 1. The van der Waals surface area contributed by atoms with Crippen LogP contribution in [0.2, 0.25) is 0 Å². The second-order valence-electron chi connectivity index (χ2n) is 4.60. The topological polar surface area (TPSA) is 72.2 Å². The number of sulfone groups is 1. The highest BCUT2D eigenvalue weighted by Gasteiger charge is 2.18. The van der Waals surface area contributed by atoms with Crippen LogP contribution in [0.1, 0.15) is 28.3 Å². The molecule has 1 unspecified atom stereocenters. The Bertz CT molecular complexity index is 509. The number of nitrogens with two attached hydrogens (primary N) is 1. The SMILES string of the molecule is Cc1cc(C)c(C(CS(C)(=O)=O)NN)cc1C. The molecule has 0 amide bonds. The normalized spacial score (nSPS) is 13.7. The summed E-state index contributed by atoms with van der Waals surface area (Å²) >= 11 is 0. The van der Waals surface area contributed by atoms with E-state index < -0.39 is 9.84 Å². The molecule has 0 aliphatic carbocycles. The molecule has 4 nitrogen and oxygen atoms in total. The second kappa shape index (κ2) is 5.16. The van der Waals surface area contributed by atoms with Crippen LogP contribution in [0.15, 0.2) is 12.1 Å². The zero-order chi connectivity index (χ0) is 13.2. The molecule has 0 aromatic heterocycles. The Hall–Kier alpha value is -0.910. The van der Waals surface area contributed by atoms with Gasteiger partial charge in [-0.2, -0.15) is 0 Å². The summed E-state index contributed by atoms with van der Waals surface area (Å²) in [6.07, 6.45) is 1.22. The number of hydrogen-bond donors (Lipinski definition) is 2. The minimum Gasteiger partial charge on any atom is -0.271 e. The molecule has 3 N–H and O–H groups in total. The first-order chi connectivity index (χ1) is 7.74. The van der Waals surface area contributed by atoms with Crippen LogP contribution in [0.3, 0.4) is 0 Å². The first-order valence-corrected chi connectivity index (χ1v) is 7.52. The number of nitrogens with one attached hydrogen (secondary N) is 1. The van der Waals surface area contributed by atoms with Crippen molar-refractivity contribution in [2.24, 2.45) is 5.84 Å². The average molecular weight is 256 g/mol. The van der Waals surface area contributed by atoms with Gasteiger partial charge in [0.05, 0.1) is 11.8 Å². The lowest BCUT2D eigenvalue weighted by Gasteiger charge is -2.19. The largest absolute Gasteiger partial charge is 0.271 e. The Labute approximate surface area is 103 Å². The smallest absolute Gasteiger partial charge is 0.149 e. The van der Waals surface area contributed by atoms with Crippen molar-refractivity contribution >= 4 is 9.84 Å². The molecule has 0 fully saturated rings. The van der Waals surface area contributed by atoms with Gasteiger partial charge in [0.15, 0.2) is 0 Å². The zero-order valence-corrected chi connectivity index (χ0v) is 11.6. The molecule has 0 heterocycles. The Kier molecular flexibility index (Phi) is 4.30. The Morgan fingerprint density at radius 3 is 2.18 bits per heavy atom. The zero-order valence-electron chi connectivity index (χ0n) is 10.7. The van der Waals surface area contributed by atoms with Crippen molar-refractivity contribution in [3.8, 4) is 0 Å². The number of hydrogen-bond acceptors (Lipinski definition) is 4. The van der Waals surface area contributed by atoms with Gasteiger partial charge in [-0.25, -0.2) is 8.42 Å². The molecule has 0 radical (unpaired) electrons. The van der Waals surface area contributed by atoms with Gasteiger partial charge in [-0.15, -0.1) is 0 Å². The first kappa shape index (κ1) is 14.2. The van der Waals surface area contributed by atoms with Crippen LogP contribution in [0.4, 0.5) is 0 Å². The molecule has 96 valence electrons. The van der Waals surface area contributed by atoms with E-state index in [9.17, 15) is 8.42 Å². The van der Waals surface area contributed by atoms with E-state index in [2.05, 4.69) is 11.5 Å². The lowest BCUT2D eigenvalue weighted by molar-refractivity contribution is 0.563. The summed E-state index contributed by atoms with van der Waals surface area (Å²) in [5.41, 5.74) is 6.92. The van der Waals surface area contributed by atoms with E-state index in [0.717, 1.165) is 16.7 Å². The van der Waals surface area contributed by atoms with Crippen molar-refractivity contribution < 1.29 is 8.42 Å². The van der Waals surface area contributed by atoms with Gasteiger partial charge < -0.3 is 0 Å². The Balaban J connectivity index is 3.17. The quantitative estimate of drug-likeness (QED) is 0.626. The van der Waals surface area contributed by atoms with E-state index in [1.807, 2.05) is 26.8 Å². The second-order valence-corrected chi connectivity index (χ2v) is 6.79. The molecule has 1 aromatic rings. The lowest BCUT2D eigenvalue weighted by Crippen LogP contribution is -2.33. The third kappa shape index (κ3) is 3.80. The maximum atomic E-state index is 11.3. The molecule has 0 spiro atoms. The van der Waals surface area contributed by atoms with Crippen LogP contribution in [-0.4, -0.2) is 20.4 Å². The summed E-state index contributed by atoms with van der Waals surface area (Å²) in [4.78, 5) is 0. The highest BCUT2D eigenvalue weighted by atomic mass is 32.2. The molecule has 0 saturated heterocycles. The first-order valence-electron chi connectivity index (χ1n) is 5.46. The van der Waals surface area contributed by atoms with Crippen LogP contribution in [-0.2, 0) is 9.84 Å². The van der Waals surface area contributed by atoms with Crippen molar-refractivity contribution in [1.29, 1.82) is 0 Å². The molecule has 5 heteroatoms. The Morgan fingerprint density at radius 1 is 1.18 bits per heavy atom. The molecule has 1 aromatic carbocycles. The summed E-state index contributed by atoms with van der Waals surface area (Å²) in [5.74, 6) is 5.46. The van der Waals surface area contributed by atoms with Crippen molar-refractivity contribution in [3.05, 3.63) is 34.4 Å². The van der Waals surface area contributed by atoms with E-state index in [4.69, 9.17) is 5.84 Å². The molecule has 0 saturated carbocycles. The molecule has 1 atom stereocenters. The van der Waals surface area contributed by atoms with Crippen LogP contribution >= 0.6 is 0 Å². The molecule has 1 rings (SSSR count). The standard InChI is InChI=1S/C12H20N2O2S/c1-8-5-10(3)11(6-9(8)2)12(14-13)7-17(4,15)16/h5-6,12,14H,7,13H2,1-4H3. The fourth-order valence-corrected chi connectivity index (χ4v) is 2.77. The van der Waals surface area contributed by atoms with Gasteiger partial charge in [0.25, 0.3) is 0 Å². The van der Waals surface area contributed by atoms with E-state index in [-0.39, 0.29) is 11.8 Å². The molecular weight excluding hydrogens is 236 g/mol. The average Bonchev–Trinajstić information content (AvgIpc) is 2.19. The number of rotatable bonds is 4.